The molecule has 5 heteroatoms. The van der Waals surface area contributed by atoms with Gasteiger partial charge < -0.3 is 9.57 Å². The summed E-state index contributed by atoms with van der Waals surface area (Å²) in [5.74, 6) is -0.193. The van der Waals surface area contributed by atoms with Crippen LogP contribution in [0.3, 0.4) is 0 Å². The molecule has 0 aliphatic carbocycles. The maximum Gasteiger partial charge on any atom is 0.367 e. The molecule has 0 amide bonds. The minimum Gasteiger partial charge on any atom is -0.488 e. The van der Waals surface area contributed by atoms with Gasteiger partial charge >= 0.3 is 5.97 Å². The number of hydrogen-bond acceptors (Lipinski definition) is 4. The molecule has 0 bridgehead atoms. The van der Waals surface area contributed by atoms with Crippen molar-refractivity contribution in [3.63, 3.8) is 0 Å². The molecule has 23 heavy (non-hydrogen) atoms. The zero-order chi connectivity index (χ0) is 16.2. The van der Waals surface area contributed by atoms with Crippen LogP contribution in [0.1, 0.15) is 18.1 Å². The molecule has 116 valence electrons. The van der Waals surface area contributed by atoms with Gasteiger partial charge in [-0.2, -0.15) is 0 Å². The van der Waals surface area contributed by atoms with E-state index >= 15 is 0 Å². The molecule has 2 aromatic carbocycles. The third-order valence-corrected chi connectivity index (χ3v) is 3.38. The van der Waals surface area contributed by atoms with Crippen LogP contribution in [0, 0.1) is 5.82 Å². The first-order valence-electron chi connectivity index (χ1n) is 7.08. The van der Waals surface area contributed by atoms with E-state index < -0.39 is 5.97 Å². The van der Waals surface area contributed by atoms with E-state index in [1.807, 2.05) is 18.2 Å². The summed E-state index contributed by atoms with van der Waals surface area (Å²) in [7, 11) is 0. The molecule has 1 aliphatic heterocycles. The first-order valence-corrected chi connectivity index (χ1v) is 7.08. The first-order chi connectivity index (χ1) is 11.1. The number of carbonyl (C=O) groups excluding carboxylic acids is 1. The molecule has 1 aliphatic rings. The molecule has 2 aromatic rings. The highest BCUT2D eigenvalue weighted by atomic mass is 19.1. The fourth-order valence-electron chi connectivity index (χ4n) is 2.19. The van der Waals surface area contributed by atoms with Crippen molar-refractivity contribution in [3.8, 4) is 5.75 Å². The summed E-state index contributed by atoms with van der Waals surface area (Å²) < 4.78 is 19.0. The zero-order valence-corrected chi connectivity index (χ0v) is 12.5. The predicted octanol–water partition coefficient (Wildman–Crippen LogP) is 3.72. The van der Waals surface area contributed by atoms with Crippen LogP contribution in [0.5, 0.6) is 5.75 Å². The standard InChI is InChI=1S/C18H14FNO3/c1-12-16(18(21)23-20-12)10-14-6-2-3-8-17(14)22-11-13-5-4-7-15(19)9-13/h2-10H,11H2,1H3. The summed E-state index contributed by atoms with van der Waals surface area (Å²) in [6.45, 7) is 1.93. The molecular weight excluding hydrogens is 297 g/mol. The quantitative estimate of drug-likeness (QED) is 0.638. The summed E-state index contributed by atoms with van der Waals surface area (Å²) in [5, 5.41) is 3.64. The molecule has 3 rings (SSSR count). The average molecular weight is 311 g/mol. The fraction of sp³-hybridized carbons (Fsp3) is 0.111. The summed E-state index contributed by atoms with van der Waals surface area (Å²) >= 11 is 0. The second-order valence-electron chi connectivity index (χ2n) is 5.07. The van der Waals surface area contributed by atoms with Crippen molar-refractivity contribution in [2.45, 2.75) is 13.5 Å². The van der Waals surface area contributed by atoms with E-state index in [0.29, 0.717) is 17.0 Å². The highest BCUT2D eigenvalue weighted by Crippen LogP contribution is 2.24. The number of benzene rings is 2. The van der Waals surface area contributed by atoms with E-state index in [-0.39, 0.29) is 12.4 Å². The number of hydrogen-bond donors (Lipinski definition) is 0. The maximum absolute atomic E-state index is 13.2. The first kappa shape index (κ1) is 15.0. The molecule has 0 spiro atoms. The molecular formula is C18H14FNO3. The van der Waals surface area contributed by atoms with Gasteiger partial charge in [0, 0.05) is 5.56 Å². The van der Waals surface area contributed by atoms with Gasteiger partial charge in [-0.05, 0) is 36.8 Å². The Morgan fingerprint density at radius 1 is 1.22 bits per heavy atom. The van der Waals surface area contributed by atoms with E-state index in [4.69, 9.17) is 4.74 Å². The van der Waals surface area contributed by atoms with Gasteiger partial charge in [-0.1, -0.05) is 35.5 Å². The molecule has 0 unspecified atom stereocenters. The molecule has 0 N–H and O–H groups in total. The number of carbonyl (C=O) groups is 1. The van der Waals surface area contributed by atoms with Gasteiger partial charge in [0.2, 0.25) is 0 Å². The summed E-state index contributed by atoms with van der Waals surface area (Å²) in [4.78, 5) is 16.3. The van der Waals surface area contributed by atoms with Crippen LogP contribution in [-0.4, -0.2) is 11.7 Å². The lowest BCUT2D eigenvalue weighted by atomic mass is 10.1. The van der Waals surface area contributed by atoms with Crippen LogP contribution in [0.25, 0.3) is 6.08 Å². The maximum atomic E-state index is 13.2. The summed E-state index contributed by atoms with van der Waals surface area (Å²) in [6, 6.07) is 13.5. The highest BCUT2D eigenvalue weighted by molar-refractivity contribution is 6.24. The van der Waals surface area contributed by atoms with Crippen molar-refractivity contribution < 1.29 is 18.8 Å². The second-order valence-corrected chi connectivity index (χ2v) is 5.07. The second kappa shape index (κ2) is 6.44. The zero-order valence-electron chi connectivity index (χ0n) is 12.5. The largest absolute Gasteiger partial charge is 0.488 e. The lowest BCUT2D eigenvalue weighted by Crippen LogP contribution is -2.03. The van der Waals surface area contributed by atoms with Crippen LogP contribution >= 0.6 is 0 Å². The fourth-order valence-corrected chi connectivity index (χ4v) is 2.19. The van der Waals surface area contributed by atoms with Crippen molar-refractivity contribution in [1.29, 1.82) is 0 Å². The molecule has 0 saturated carbocycles. The minimum absolute atomic E-state index is 0.232. The molecule has 0 atom stereocenters. The molecule has 0 fully saturated rings. The van der Waals surface area contributed by atoms with Gasteiger partial charge in [-0.3, -0.25) is 0 Å². The van der Waals surface area contributed by atoms with Gasteiger partial charge in [0.25, 0.3) is 0 Å². The van der Waals surface area contributed by atoms with Crippen molar-refractivity contribution in [2.75, 3.05) is 0 Å². The van der Waals surface area contributed by atoms with Gasteiger partial charge in [-0.15, -0.1) is 0 Å². The lowest BCUT2D eigenvalue weighted by molar-refractivity contribution is -0.136. The number of para-hydroxylation sites is 1. The number of oxime groups is 1. The van der Waals surface area contributed by atoms with Crippen molar-refractivity contribution in [1.82, 2.24) is 0 Å². The van der Waals surface area contributed by atoms with E-state index in [2.05, 4.69) is 9.99 Å². The topological polar surface area (TPSA) is 47.9 Å². The van der Waals surface area contributed by atoms with Crippen LogP contribution < -0.4 is 4.74 Å². The van der Waals surface area contributed by atoms with Crippen LogP contribution in [0.4, 0.5) is 4.39 Å². The molecule has 1 heterocycles. The minimum atomic E-state index is -0.484. The number of halogens is 1. The molecule has 0 saturated heterocycles. The number of nitrogens with zero attached hydrogens (tertiary/aromatic N) is 1. The Morgan fingerprint density at radius 3 is 2.78 bits per heavy atom. The van der Waals surface area contributed by atoms with Crippen LogP contribution in [0.2, 0.25) is 0 Å². The van der Waals surface area contributed by atoms with Crippen molar-refractivity contribution in [2.24, 2.45) is 5.16 Å². The van der Waals surface area contributed by atoms with E-state index in [9.17, 15) is 9.18 Å². The molecule has 0 aromatic heterocycles. The highest BCUT2D eigenvalue weighted by Gasteiger charge is 2.22. The van der Waals surface area contributed by atoms with Gasteiger partial charge in [0.15, 0.2) is 0 Å². The van der Waals surface area contributed by atoms with E-state index in [1.54, 1.807) is 31.2 Å². The van der Waals surface area contributed by atoms with Gasteiger partial charge in [0.05, 0.1) is 11.3 Å². The SMILES string of the molecule is CC1=NOC(=O)C1=Cc1ccccc1OCc1cccc(F)c1. The van der Waals surface area contributed by atoms with E-state index in [1.165, 1.54) is 12.1 Å². The third-order valence-electron chi connectivity index (χ3n) is 3.38. The Balaban J connectivity index is 1.83. The smallest absolute Gasteiger partial charge is 0.367 e. The monoisotopic (exact) mass is 311 g/mol. The molecule has 0 radical (unpaired) electrons. The Morgan fingerprint density at radius 2 is 2.04 bits per heavy atom. The predicted molar refractivity (Wildman–Crippen MR) is 84.4 cm³/mol. The Labute approximate surface area is 132 Å². The van der Waals surface area contributed by atoms with Gasteiger partial charge in [0.1, 0.15) is 18.2 Å². The molecule has 4 nitrogen and oxygen atoms in total. The van der Waals surface area contributed by atoms with Crippen LogP contribution in [0.15, 0.2) is 59.3 Å². The van der Waals surface area contributed by atoms with Crippen molar-refractivity contribution >= 4 is 17.8 Å². The van der Waals surface area contributed by atoms with Gasteiger partial charge in [-0.25, -0.2) is 9.18 Å². The van der Waals surface area contributed by atoms with E-state index in [0.717, 1.165) is 11.1 Å². The normalized spacial score (nSPS) is 15.5. The van der Waals surface area contributed by atoms with Crippen molar-refractivity contribution in [3.05, 3.63) is 71.0 Å². The summed E-state index contributed by atoms with van der Waals surface area (Å²) in [5.41, 5.74) is 2.37. The Hall–Kier alpha value is -2.95. The van der Waals surface area contributed by atoms with Crippen LogP contribution in [-0.2, 0) is 16.2 Å². The lowest BCUT2D eigenvalue weighted by Gasteiger charge is -2.09. The Bertz CT molecular complexity index is 811. The summed E-state index contributed by atoms with van der Waals surface area (Å²) in [6.07, 6.45) is 1.68. The number of rotatable bonds is 4. The third kappa shape index (κ3) is 3.45. The number of ether oxygens (including phenoxy) is 1. The Kier molecular flexibility index (Phi) is 4.19. The average Bonchev–Trinajstić information content (AvgIpc) is 2.86.